The van der Waals surface area contributed by atoms with Gasteiger partial charge in [0.05, 0.1) is 18.3 Å². The number of hydrogen-bond acceptors (Lipinski definition) is 2. The van der Waals surface area contributed by atoms with Gasteiger partial charge in [0.2, 0.25) is 5.91 Å². The SMILES string of the molecule is O=C1[C@@H]2[C@@H]3CC[C@@H](C3)N2CN1c1cccc(C(F)(F)F)c1. The van der Waals surface area contributed by atoms with E-state index in [0.29, 0.717) is 24.3 Å². The van der Waals surface area contributed by atoms with E-state index in [1.54, 1.807) is 6.07 Å². The second kappa shape index (κ2) is 4.22. The summed E-state index contributed by atoms with van der Waals surface area (Å²) < 4.78 is 38.4. The van der Waals surface area contributed by atoms with Gasteiger partial charge < -0.3 is 0 Å². The number of nitrogens with zero attached hydrogens (tertiary/aromatic N) is 2. The summed E-state index contributed by atoms with van der Waals surface area (Å²) in [5.41, 5.74) is -0.355. The standard InChI is InChI=1S/C15H15F3N2O/c16-15(17,18)10-2-1-3-11(7-10)20-8-19-12-5-4-9(6-12)13(19)14(20)21/h1-3,7,9,12-13H,4-6,8H2/t9-,12+,13+/m1/s1. The number of rotatable bonds is 1. The van der Waals surface area contributed by atoms with Gasteiger partial charge in [0.15, 0.2) is 0 Å². The van der Waals surface area contributed by atoms with Gasteiger partial charge in [-0.15, -0.1) is 0 Å². The summed E-state index contributed by atoms with van der Waals surface area (Å²) >= 11 is 0. The Labute approximate surface area is 120 Å². The minimum atomic E-state index is -4.38. The highest BCUT2D eigenvalue weighted by Gasteiger charge is 2.54. The molecule has 3 fully saturated rings. The van der Waals surface area contributed by atoms with Gasteiger partial charge in [0.25, 0.3) is 0 Å². The summed E-state index contributed by atoms with van der Waals surface area (Å²) in [7, 11) is 0. The molecule has 112 valence electrons. The first-order chi connectivity index (χ1) is 9.95. The van der Waals surface area contributed by atoms with Crippen LogP contribution in [0, 0.1) is 5.92 Å². The maximum atomic E-state index is 12.8. The molecule has 0 spiro atoms. The van der Waals surface area contributed by atoms with E-state index in [1.165, 1.54) is 11.0 Å². The summed E-state index contributed by atoms with van der Waals surface area (Å²) in [6.07, 6.45) is -1.15. The van der Waals surface area contributed by atoms with Crippen LogP contribution >= 0.6 is 0 Å². The predicted octanol–water partition coefficient (Wildman–Crippen LogP) is 2.86. The average molecular weight is 296 g/mol. The smallest absolute Gasteiger partial charge is 0.298 e. The van der Waals surface area contributed by atoms with Gasteiger partial charge in [-0.25, -0.2) is 0 Å². The Kier molecular flexibility index (Phi) is 2.64. The van der Waals surface area contributed by atoms with Crippen LogP contribution in [0.15, 0.2) is 24.3 Å². The maximum Gasteiger partial charge on any atom is 0.416 e. The van der Waals surface area contributed by atoms with Crippen molar-refractivity contribution >= 4 is 11.6 Å². The van der Waals surface area contributed by atoms with E-state index < -0.39 is 11.7 Å². The molecule has 1 aromatic rings. The minimum Gasteiger partial charge on any atom is -0.298 e. The third-order valence-corrected chi connectivity index (χ3v) is 5.03. The number of halogens is 3. The fourth-order valence-electron chi connectivity index (χ4n) is 4.08. The first-order valence-electron chi connectivity index (χ1n) is 7.19. The lowest BCUT2D eigenvalue weighted by Crippen LogP contribution is -2.38. The molecule has 2 saturated heterocycles. The Bertz CT molecular complexity index is 601. The molecule has 0 aromatic heterocycles. The predicted molar refractivity (Wildman–Crippen MR) is 70.6 cm³/mol. The topological polar surface area (TPSA) is 23.6 Å². The number of amides is 1. The normalized spacial score (nSPS) is 32.0. The van der Waals surface area contributed by atoms with Crippen molar-refractivity contribution in [1.29, 1.82) is 0 Å². The van der Waals surface area contributed by atoms with Gasteiger partial charge in [0.1, 0.15) is 0 Å². The van der Waals surface area contributed by atoms with Crippen molar-refractivity contribution in [3.8, 4) is 0 Å². The lowest BCUT2D eigenvalue weighted by molar-refractivity contribution is -0.137. The van der Waals surface area contributed by atoms with E-state index in [-0.39, 0.29) is 11.9 Å². The molecule has 2 bridgehead atoms. The molecule has 0 N–H and O–H groups in total. The van der Waals surface area contributed by atoms with E-state index in [9.17, 15) is 18.0 Å². The lowest BCUT2D eigenvalue weighted by Gasteiger charge is -2.25. The van der Waals surface area contributed by atoms with Crippen molar-refractivity contribution in [2.75, 3.05) is 11.6 Å². The highest BCUT2D eigenvalue weighted by atomic mass is 19.4. The van der Waals surface area contributed by atoms with E-state index in [2.05, 4.69) is 4.90 Å². The monoisotopic (exact) mass is 296 g/mol. The summed E-state index contributed by atoms with van der Waals surface area (Å²) in [5, 5.41) is 0. The molecule has 21 heavy (non-hydrogen) atoms. The van der Waals surface area contributed by atoms with Crippen LogP contribution in [0.3, 0.4) is 0 Å². The maximum absolute atomic E-state index is 12.8. The van der Waals surface area contributed by atoms with Crippen LogP contribution in [-0.2, 0) is 11.0 Å². The largest absolute Gasteiger partial charge is 0.416 e. The molecule has 2 aliphatic heterocycles. The number of carbonyl (C=O) groups is 1. The molecule has 1 saturated carbocycles. The van der Waals surface area contributed by atoms with Crippen LogP contribution in [0.2, 0.25) is 0 Å². The molecule has 2 heterocycles. The highest BCUT2D eigenvalue weighted by molar-refractivity contribution is 6.00. The fraction of sp³-hybridized carbons (Fsp3) is 0.533. The fourth-order valence-corrected chi connectivity index (χ4v) is 4.08. The van der Waals surface area contributed by atoms with Gasteiger partial charge in [-0.05, 0) is 43.4 Å². The number of hydrogen-bond donors (Lipinski definition) is 0. The summed E-state index contributed by atoms with van der Waals surface area (Å²) in [4.78, 5) is 16.2. The number of alkyl halides is 3. The molecule has 4 rings (SSSR count). The van der Waals surface area contributed by atoms with Crippen molar-refractivity contribution in [2.24, 2.45) is 5.92 Å². The van der Waals surface area contributed by atoms with Crippen LogP contribution in [-0.4, -0.2) is 29.6 Å². The Hall–Kier alpha value is -1.56. The third-order valence-electron chi connectivity index (χ3n) is 5.03. The number of carbonyl (C=O) groups excluding carboxylic acids is 1. The van der Waals surface area contributed by atoms with Crippen molar-refractivity contribution < 1.29 is 18.0 Å². The molecular weight excluding hydrogens is 281 g/mol. The van der Waals surface area contributed by atoms with Crippen molar-refractivity contribution in [3.63, 3.8) is 0 Å². The lowest BCUT2D eigenvalue weighted by atomic mass is 9.99. The number of benzene rings is 1. The molecule has 1 amide bonds. The molecule has 3 aliphatic rings. The Balaban J connectivity index is 1.65. The van der Waals surface area contributed by atoms with Crippen LogP contribution in [0.1, 0.15) is 24.8 Å². The van der Waals surface area contributed by atoms with Crippen molar-refractivity contribution in [3.05, 3.63) is 29.8 Å². The van der Waals surface area contributed by atoms with Crippen LogP contribution in [0.25, 0.3) is 0 Å². The summed E-state index contributed by atoms with van der Waals surface area (Å²) in [6, 6.07) is 5.37. The van der Waals surface area contributed by atoms with Crippen LogP contribution < -0.4 is 4.90 Å². The Morgan fingerprint density at radius 3 is 2.71 bits per heavy atom. The van der Waals surface area contributed by atoms with Crippen LogP contribution in [0.4, 0.5) is 18.9 Å². The van der Waals surface area contributed by atoms with Gasteiger partial charge in [-0.1, -0.05) is 6.07 Å². The zero-order chi connectivity index (χ0) is 14.8. The summed E-state index contributed by atoms with van der Waals surface area (Å²) in [6.45, 7) is 0.423. The van der Waals surface area contributed by atoms with E-state index in [0.717, 1.165) is 31.4 Å². The average Bonchev–Trinajstić information content (AvgIpc) is 3.11. The first-order valence-corrected chi connectivity index (χ1v) is 7.19. The van der Waals surface area contributed by atoms with Gasteiger partial charge in [-0.3, -0.25) is 14.6 Å². The molecule has 3 atom stereocenters. The first kappa shape index (κ1) is 13.1. The van der Waals surface area contributed by atoms with Crippen LogP contribution in [0.5, 0.6) is 0 Å². The number of piperidine rings is 1. The zero-order valence-corrected chi connectivity index (χ0v) is 11.3. The highest BCUT2D eigenvalue weighted by Crippen LogP contribution is 2.46. The van der Waals surface area contributed by atoms with E-state index in [1.807, 2.05) is 0 Å². The quantitative estimate of drug-likeness (QED) is 0.795. The third kappa shape index (κ3) is 1.88. The minimum absolute atomic E-state index is 0.0403. The van der Waals surface area contributed by atoms with E-state index in [4.69, 9.17) is 0 Å². The molecule has 0 unspecified atom stereocenters. The number of fused-ring (bicyclic) bond motifs is 5. The van der Waals surface area contributed by atoms with Gasteiger partial charge in [-0.2, -0.15) is 13.2 Å². The van der Waals surface area contributed by atoms with Crippen molar-refractivity contribution in [1.82, 2.24) is 4.90 Å². The van der Waals surface area contributed by atoms with E-state index >= 15 is 0 Å². The molecule has 1 aliphatic carbocycles. The Morgan fingerprint density at radius 1 is 1.19 bits per heavy atom. The van der Waals surface area contributed by atoms with Gasteiger partial charge in [0, 0.05) is 11.7 Å². The molecular formula is C15H15F3N2O. The second-order valence-corrected chi connectivity index (χ2v) is 6.14. The summed E-state index contributed by atoms with van der Waals surface area (Å²) in [5.74, 6) is 0.347. The second-order valence-electron chi connectivity index (χ2n) is 6.14. The molecule has 0 radical (unpaired) electrons. The zero-order valence-electron chi connectivity index (χ0n) is 11.3. The van der Waals surface area contributed by atoms with Crippen molar-refractivity contribution in [2.45, 2.75) is 37.5 Å². The van der Waals surface area contributed by atoms with Gasteiger partial charge >= 0.3 is 6.18 Å². The molecule has 3 nitrogen and oxygen atoms in total. The number of anilines is 1. The Morgan fingerprint density at radius 2 is 2.00 bits per heavy atom. The molecule has 6 heteroatoms. The molecule has 1 aromatic carbocycles.